The molecule has 3 aromatic heterocycles. The number of hydrogen-bond donors (Lipinski definition) is 0. The molecule has 0 fully saturated rings. The molecule has 3 aromatic carbocycles. The van der Waals surface area contributed by atoms with Crippen LogP contribution < -0.4 is 0 Å². The summed E-state index contributed by atoms with van der Waals surface area (Å²) in [7, 11) is 0. The van der Waals surface area contributed by atoms with Gasteiger partial charge in [-0.05, 0) is 29.3 Å². The topological polar surface area (TPSA) is 77.3 Å². The van der Waals surface area contributed by atoms with E-state index in [1.807, 2.05) is 36.4 Å². The van der Waals surface area contributed by atoms with Crippen LogP contribution in [-0.2, 0) is 0 Å². The van der Waals surface area contributed by atoms with E-state index >= 15 is 0 Å². The Balaban J connectivity index is 1.34. The second-order valence-corrected chi connectivity index (χ2v) is 8.21. The van der Waals surface area contributed by atoms with Gasteiger partial charge < -0.3 is 0 Å². The summed E-state index contributed by atoms with van der Waals surface area (Å²) < 4.78 is 0. The first-order valence-corrected chi connectivity index (χ1v) is 11.5. The van der Waals surface area contributed by atoms with Crippen molar-refractivity contribution in [3.63, 3.8) is 0 Å². The van der Waals surface area contributed by atoms with E-state index in [2.05, 4.69) is 61.3 Å². The first kappa shape index (κ1) is 21.4. The van der Waals surface area contributed by atoms with E-state index in [0.717, 1.165) is 56.2 Å². The maximum atomic E-state index is 4.93. The first-order chi connectivity index (χ1) is 17.8. The average molecular weight is 465 g/mol. The molecule has 0 aliphatic carbocycles. The molecule has 6 nitrogen and oxygen atoms in total. The average Bonchev–Trinajstić information content (AvgIpc) is 2.98. The molecule has 0 saturated heterocycles. The van der Waals surface area contributed by atoms with Crippen molar-refractivity contribution in [2.45, 2.75) is 0 Å². The van der Waals surface area contributed by atoms with E-state index in [-0.39, 0.29) is 0 Å². The maximum absolute atomic E-state index is 4.93. The van der Waals surface area contributed by atoms with E-state index in [0.29, 0.717) is 0 Å². The third kappa shape index (κ3) is 4.48. The Hall–Kier alpha value is -5.10. The minimum absolute atomic E-state index is 0.799. The van der Waals surface area contributed by atoms with Crippen LogP contribution in [-0.4, -0.2) is 29.9 Å². The summed E-state index contributed by atoms with van der Waals surface area (Å²) in [6.45, 7) is 0. The number of aromatic nitrogens is 6. The van der Waals surface area contributed by atoms with Gasteiger partial charge in [0.1, 0.15) is 0 Å². The van der Waals surface area contributed by atoms with Crippen molar-refractivity contribution >= 4 is 0 Å². The zero-order chi connectivity index (χ0) is 24.2. The van der Waals surface area contributed by atoms with Crippen LogP contribution in [0.15, 0.2) is 122 Å². The highest BCUT2D eigenvalue weighted by Crippen LogP contribution is 2.30. The molecule has 36 heavy (non-hydrogen) atoms. The highest BCUT2D eigenvalue weighted by Gasteiger charge is 2.09. The molecule has 0 aliphatic heterocycles. The van der Waals surface area contributed by atoms with Gasteiger partial charge in [0.2, 0.25) is 0 Å². The summed E-state index contributed by atoms with van der Waals surface area (Å²) in [5, 5.41) is 0. The molecule has 0 bridgehead atoms. The third-order valence-electron chi connectivity index (χ3n) is 5.87. The minimum atomic E-state index is 0.799. The zero-order valence-corrected chi connectivity index (χ0v) is 19.2. The lowest BCUT2D eigenvalue weighted by Crippen LogP contribution is -1.92. The molecule has 0 N–H and O–H groups in total. The number of rotatable bonds is 5. The summed E-state index contributed by atoms with van der Waals surface area (Å²) >= 11 is 0. The first-order valence-electron chi connectivity index (χ1n) is 11.5. The number of nitrogens with zero attached hydrogens (tertiary/aromatic N) is 6. The van der Waals surface area contributed by atoms with E-state index < -0.39 is 0 Å². The van der Waals surface area contributed by atoms with Crippen molar-refractivity contribution in [3.05, 3.63) is 122 Å². The van der Waals surface area contributed by atoms with Gasteiger partial charge in [0, 0.05) is 47.0 Å². The second-order valence-electron chi connectivity index (χ2n) is 8.21. The Morgan fingerprint density at radius 2 is 0.750 bits per heavy atom. The van der Waals surface area contributed by atoms with Gasteiger partial charge in [-0.2, -0.15) is 0 Å². The van der Waals surface area contributed by atoms with Gasteiger partial charge in [-0.3, -0.25) is 24.9 Å². The van der Waals surface area contributed by atoms with Gasteiger partial charge >= 0.3 is 0 Å². The van der Waals surface area contributed by atoms with Crippen LogP contribution in [0.3, 0.4) is 0 Å². The lowest BCUT2D eigenvalue weighted by molar-refractivity contribution is 1.20. The summed E-state index contributed by atoms with van der Waals surface area (Å²) in [4.78, 5) is 26.6. The molecule has 0 amide bonds. The smallest absolute Gasteiger partial charge is 0.0892 e. The Morgan fingerprint density at radius 1 is 0.361 bits per heavy atom. The molecular formula is C30H20N6. The van der Waals surface area contributed by atoms with Gasteiger partial charge in [0.05, 0.1) is 47.6 Å². The van der Waals surface area contributed by atoms with Gasteiger partial charge in [-0.1, -0.05) is 54.6 Å². The SMILES string of the molecule is c1cc(-c2cccc(-c3cncc(-c4cccc(-c5cnccn5)c4)n3)c2)cc(-c2cnccn2)c1. The molecule has 170 valence electrons. The quantitative estimate of drug-likeness (QED) is 0.294. The number of hydrogen-bond acceptors (Lipinski definition) is 6. The van der Waals surface area contributed by atoms with Crippen LogP contribution in [0.4, 0.5) is 0 Å². The Labute approximate surface area is 208 Å². The summed E-state index contributed by atoms with van der Waals surface area (Å²) in [6.07, 6.45) is 13.9. The minimum Gasteiger partial charge on any atom is -0.261 e. The zero-order valence-electron chi connectivity index (χ0n) is 19.2. The van der Waals surface area contributed by atoms with Crippen molar-refractivity contribution in [3.8, 4) is 56.2 Å². The lowest BCUT2D eigenvalue weighted by Gasteiger charge is -2.09. The molecule has 0 radical (unpaired) electrons. The highest BCUT2D eigenvalue weighted by atomic mass is 14.8. The molecule has 6 aromatic rings. The Morgan fingerprint density at radius 3 is 1.19 bits per heavy atom. The van der Waals surface area contributed by atoms with Crippen LogP contribution in [0.2, 0.25) is 0 Å². The molecule has 0 aliphatic rings. The maximum Gasteiger partial charge on any atom is 0.0892 e. The van der Waals surface area contributed by atoms with Crippen molar-refractivity contribution in [1.82, 2.24) is 29.9 Å². The van der Waals surface area contributed by atoms with Crippen LogP contribution in [0, 0.1) is 0 Å². The molecule has 0 spiro atoms. The fraction of sp³-hybridized carbons (Fsp3) is 0. The molecule has 0 unspecified atom stereocenters. The van der Waals surface area contributed by atoms with Crippen molar-refractivity contribution in [2.24, 2.45) is 0 Å². The molecule has 6 rings (SSSR count). The molecule has 6 heteroatoms. The Kier molecular flexibility index (Phi) is 5.74. The summed E-state index contributed by atoms with van der Waals surface area (Å²) in [6, 6.07) is 24.7. The number of benzene rings is 3. The monoisotopic (exact) mass is 464 g/mol. The fourth-order valence-electron chi connectivity index (χ4n) is 4.09. The van der Waals surface area contributed by atoms with Crippen LogP contribution >= 0.6 is 0 Å². The normalized spacial score (nSPS) is 10.8. The van der Waals surface area contributed by atoms with Crippen molar-refractivity contribution in [1.29, 1.82) is 0 Å². The van der Waals surface area contributed by atoms with Crippen molar-refractivity contribution < 1.29 is 0 Å². The van der Waals surface area contributed by atoms with Crippen molar-refractivity contribution in [2.75, 3.05) is 0 Å². The summed E-state index contributed by atoms with van der Waals surface area (Å²) in [5.74, 6) is 0. The second kappa shape index (κ2) is 9.64. The lowest BCUT2D eigenvalue weighted by atomic mass is 9.99. The standard InChI is InChI=1S/C30H20N6/c1-4-21(14-23(6-1)27-17-31-10-12-34-27)22-5-2-8-25(15-22)29-19-33-20-30(36-29)26-9-3-7-24(16-26)28-18-32-11-13-35-28/h1-20H. The molecule has 3 heterocycles. The van der Waals surface area contributed by atoms with E-state index in [9.17, 15) is 0 Å². The molecular weight excluding hydrogens is 444 g/mol. The predicted octanol–water partition coefficient (Wildman–Crippen LogP) is 6.39. The third-order valence-corrected chi connectivity index (χ3v) is 5.87. The summed E-state index contributed by atoms with van der Waals surface area (Å²) in [5.41, 5.74) is 9.44. The predicted molar refractivity (Wildman–Crippen MR) is 140 cm³/mol. The van der Waals surface area contributed by atoms with Crippen LogP contribution in [0.5, 0.6) is 0 Å². The highest BCUT2D eigenvalue weighted by molar-refractivity contribution is 5.76. The van der Waals surface area contributed by atoms with E-state index in [1.54, 1.807) is 49.6 Å². The van der Waals surface area contributed by atoms with Gasteiger partial charge in [0.15, 0.2) is 0 Å². The Bertz CT molecular complexity index is 1510. The van der Waals surface area contributed by atoms with Gasteiger partial charge in [0.25, 0.3) is 0 Å². The fourth-order valence-corrected chi connectivity index (χ4v) is 4.09. The van der Waals surface area contributed by atoms with Crippen LogP contribution in [0.1, 0.15) is 0 Å². The van der Waals surface area contributed by atoms with E-state index in [1.165, 1.54) is 0 Å². The van der Waals surface area contributed by atoms with E-state index in [4.69, 9.17) is 4.98 Å². The molecule has 0 saturated carbocycles. The largest absolute Gasteiger partial charge is 0.261 e. The van der Waals surface area contributed by atoms with Crippen LogP contribution in [0.25, 0.3) is 56.2 Å². The van der Waals surface area contributed by atoms with Gasteiger partial charge in [-0.25, -0.2) is 4.98 Å². The molecule has 0 atom stereocenters. The van der Waals surface area contributed by atoms with Gasteiger partial charge in [-0.15, -0.1) is 0 Å².